The van der Waals surface area contributed by atoms with Gasteiger partial charge in [-0.15, -0.1) is 0 Å². The van der Waals surface area contributed by atoms with E-state index < -0.39 is 15.1 Å². The van der Waals surface area contributed by atoms with Gasteiger partial charge in [-0.1, -0.05) is 90.5 Å². The van der Waals surface area contributed by atoms with E-state index in [4.69, 9.17) is 16.6 Å². The van der Waals surface area contributed by atoms with E-state index >= 15 is 0 Å². The molecule has 0 fully saturated rings. The quantitative estimate of drug-likeness (QED) is 0.267. The van der Waals surface area contributed by atoms with Crippen LogP contribution >= 0.6 is 11.6 Å². The molecule has 0 aliphatic carbocycles. The van der Waals surface area contributed by atoms with Crippen LogP contribution in [-0.2, 0) is 9.84 Å². The first-order valence-electron chi connectivity index (χ1n) is 10.8. The highest BCUT2D eigenvalue weighted by Crippen LogP contribution is 2.36. The molecule has 0 spiro atoms. The minimum absolute atomic E-state index is 0.256. The average molecular weight is 485 g/mol. The summed E-state index contributed by atoms with van der Waals surface area (Å²) >= 11 is 6.12. The second-order valence-electron chi connectivity index (χ2n) is 7.85. The SMILES string of the molecule is O=S(=O)(c1ccccc1)[C@@H](c1ccccc1)c1cn(-c2ccc(Cl)cc2)c(-c2ccccc2)n1. The van der Waals surface area contributed by atoms with Crippen molar-refractivity contribution in [2.45, 2.75) is 10.1 Å². The Labute approximate surface area is 204 Å². The van der Waals surface area contributed by atoms with Crippen LogP contribution in [0.4, 0.5) is 0 Å². The summed E-state index contributed by atoms with van der Waals surface area (Å²) in [6, 6.07) is 34.9. The van der Waals surface area contributed by atoms with Crippen molar-refractivity contribution >= 4 is 21.4 Å². The maximum Gasteiger partial charge on any atom is 0.191 e. The van der Waals surface area contributed by atoms with E-state index in [1.807, 2.05) is 83.6 Å². The van der Waals surface area contributed by atoms with Gasteiger partial charge in [-0.05, 0) is 42.0 Å². The number of sulfone groups is 1. The molecule has 4 aromatic carbocycles. The van der Waals surface area contributed by atoms with Gasteiger partial charge in [-0.2, -0.15) is 0 Å². The third-order valence-electron chi connectivity index (χ3n) is 5.61. The van der Waals surface area contributed by atoms with Crippen LogP contribution in [0.1, 0.15) is 16.5 Å². The molecule has 5 rings (SSSR count). The molecule has 6 heteroatoms. The van der Waals surface area contributed by atoms with E-state index in [2.05, 4.69) is 0 Å². The lowest BCUT2D eigenvalue weighted by Crippen LogP contribution is -2.15. The fourth-order valence-electron chi connectivity index (χ4n) is 4.00. The Morgan fingerprint density at radius 3 is 1.88 bits per heavy atom. The minimum atomic E-state index is -3.78. The van der Waals surface area contributed by atoms with E-state index in [1.54, 1.807) is 42.5 Å². The number of imidazole rings is 1. The standard InChI is InChI=1S/C28H21ClN2O2S/c29-23-16-18-24(19-17-23)31-20-26(30-28(31)22-12-6-2-7-13-22)27(21-10-4-1-5-11-21)34(32,33)25-14-8-3-9-15-25/h1-20,27H/t27-/m0/s1. The number of hydrogen-bond donors (Lipinski definition) is 0. The van der Waals surface area contributed by atoms with Crippen LogP contribution in [0, 0.1) is 0 Å². The van der Waals surface area contributed by atoms with Crippen molar-refractivity contribution in [3.05, 3.63) is 138 Å². The third-order valence-corrected chi connectivity index (χ3v) is 7.93. The molecule has 0 saturated heterocycles. The van der Waals surface area contributed by atoms with Crippen LogP contribution in [0.2, 0.25) is 5.02 Å². The molecular formula is C28H21ClN2O2S. The summed E-state index contributed by atoms with van der Waals surface area (Å²) in [5.41, 5.74) is 2.83. The molecule has 1 atom stereocenters. The summed E-state index contributed by atoms with van der Waals surface area (Å²) in [4.78, 5) is 5.15. The zero-order valence-electron chi connectivity index (χ0n) is 18.1. The molecule has 1 aromatic heterocycles. The van der Waals surface area contributed by atoms with Crippen molar-refractivity contribution in [2.75, 3.05) is 0 Å². The minimum Gasteiger partial charge on any atom is -0.299 e. The Morgan fingerprint density at radius 2 is 1.26 bits per heavy atom. The maximum absolute atomic E-state index is 13.9. The molecule has 0 saturated carbocycles. The Morgan fingerprint density at radius 1 is 0.706 bits per heavy atom. The van der Waals surface area contributed by atoms with Gasteiger partial charge < -0.3 is 0 Å². The molecule has 0 N–H and O–H groups in total. The Kier molecular flexibility index (Phi) is 6.05. The van der Waals surface area contributed by atoms with Gasteiger partial charge >= 0.3 is 0 Å². The van der Waals surface area contributed by atoms with Gasteiger partial charge in [0.2, 0.25) is 0 Å². The molecule has 1 heterocycles. The molecule has 0 aliphatic heterocycles. The maximum atomic E-state index is 13.9. The molecule has 0 bridgehead atoms. The summed E-state index contributed by atoms with van der Waals surface area (Å²) in [6.07, 6.45) is 1.81. The molecule has 5 aromatic rings. The second-order valence-corrected chi connectivity index (χ2v) is 10.3. The predicted octanol–water partition coefficient (Wildman–Crippen LogP) is 6.76. The Balaban J connectivity index is 1.75. The monoisotopic (exact) mass is 484 g/mol. The Bertz CT molecular complexity index is 1500. The summed E-state index contributed by atoms with van der Waals surface area (Å²) in [5.74, 6) is 0.655. The number of benzene rings is 4. The molecule has 0 aliphatic rings. The number of hydrogen-bond acceptors (Lipinski definition) is 3. The lowest BCUT2D eigenvalue weighted by atomic mass is 10.1. The number of rotatable bonds is 6. The van der Waals surface area contributed by atoms with Gasteiger partial charge in [0, 0.05) is 22.5 Å². The van der Waals surface area contributed by atoms with Crippen LogP contribution < -0.4 is 0 Å². The molecule has 168 valence electrons. The zero-order valence-corrected chi connectivity index (χ0v) is 19.7. The van der Waals surface area contributed by atoms with Crippen molar-refractivity contribution in [1.29, 1.82) is 0 Å². The second kappa shape index (κ2) is 9.29. The van der Waals surface area contributed by atoms with Gasteiger partial charge in [0.15, 0.2) is 9.84 Å². The summed E-state index contributed by atoms with van der Waals surface area (Å²) in [5, 5.41) is -0.341. The van der Waals surface area contributed by atoms with Crippen LogP contribution in [-0.4, -0.2) is 18.0 Å². The summed E-state index contributed by atoms with van der Waals surface area (Å²) in [6.45, 7) is 0. The summed E-state index contributed by atoms with van der Waals surface area (Å²) in [7, 11) is -3.78. The van der Waals surface area contributed by atoms with Crippen LogP contribution in [0.25, 0.3) is 17.1 Å². The van der Waals surface area contributed by atoms with Crippen molar-refractivity contribution in [3.8, 4) is 17.1 Å². The lowest BCUT2D eigenvalue weighted by molar-refractivity contribution is 0.588. The van der Waals surface area contributed by atoms with E-state index in [-0.39, 0.29) is 4.90 Å². The first-order valence-corrected chi connectivity index (χ1v) is 12.7. The largest absolute Gasteiger partial charge is 0.299 e. The van der Waals surface area contributed by atoms with Crippen molar-refractivity contribution in [3.63, 3.8) is 0 Å². The third kappa shape index (κ3) is 4.28. The first-order chi connectivity index (χ1) is 16.5. The van der Waals surface area contributed by atoms with Crippen molar-refractivity contribution < 1.29 is 8.42 Å². The number of aromatic nitrogens is 2. The molecule has 0 unspecified atom stereocenters. The van der Waals surface area contributed by atoms with Gasteiger partial charge in [-0.3, -0.25) is 4.57 Å². The van der Waals surface area contributed by atoms with Crippen LogP contribution in [0.3, 0.4) is 0 Å². The smallest absolute Gasteiger partial charge is 0.191 e. The van der Waals surface area contributed by atoms with E-state index in [0.29, 0.717) is 22.1 Å². The molecule has 0 radical (unpaired) electrons. The average Bonchev–Trinajstić information content (AvgIpc) is 3.31. The van der Waals surface area contributed by atoms with Crippen LogP contribution in [0.5, 0.6) is 0 Å². The predicted molar refractivity (Wildman–Crippen MR) is 136 cm³/mol. The number of nitrogens with zero attached hydrogens (tertiary/aromatic N) is 2. The fourth-order valence-corrected chi connectivity index (χ4v) is 5.88. The highest BCUT2D eigenvalue weighted by atomic mass is 35.5. The highest BCUT2D eigenvalue weighted by Gasteiger charge is 2.33. The summed E-state index contributed by atoms with van der Waals surface area (Å²) < 4.78 is 29.7. The van der Waals surface area contributed by atoms with Crippen molar-refractivity contribution in [2.24, 2.45) is 0 Å². The van der Waals surface area contributed by atoms with E-state index in [1.165, 1.54) is 0 Å². The van der Waals surface area contributed by atoms with Gasteiger partial charge in [0.1, 0.15) is 11.1 Å². The zero-order chi connectivity index (χ0) is 23.5. The molecule has 34 heavy (non-hydrogen) atoms. The van der Waals surface area contributed by atoms with Gasteiger partial charge in [0.05, 0.1) is 10.6 Å². The van der Waals surface area contributed by atoms with Crippen LogP contribution in [0.15, 0.2) is 126 Å². The van der Waals surface area contributed by atoms with E-state index in [0.717, 1.165) is 11.3 Å². The fraction of sp³-hybridized carbons (Fsp3) is 0.0357. The number of halogens is 1. The first kappa shape index (κ1) is 22.1. The van der Waals surface area contributed by atoms with Crippen molar-refractivity contribution in [1.82, 2.24) is 9.55 Å². The molecule has 0 amide bonds. The normalized spacial score (nSPS) is 12.4. The van der Waals surface area contributed by atoms with Gasteiger partial charge in [-0.25, -0.2) is 13.4 Å². The Hall–Kier alpha value is -3.67. The molecule has 4 nitrogen and oxygen atoms in total. The van der Waals surface area contributed by atoms with Gasteiger partial charge in [0.25, 0.3) is 0 Å². The lowest BCUT2D eigenvalue weighted by Gasteiger charge is -2.16. The highest BCUT2D eigenvalue weighted by molar-refractivity contribution is 7.91. The van der Waals surface area contributed by atoms with E-state index in [9.17, 15) is 8.42 Å². The molecular weight excluding hydrogens is 464 g/mol. The topological polar surface area (TPSA) is 52.0 Å².